The number of carbonyl (C=O) groups is 2. The van der Waals surface area contributed by atoms with Crippen molar-refractivity contribution in [3.05, 3.63) is 54.1 Å². The number of carbonyl (C=O) groups excluding carboxylic acids is 2. The lowest BCUT2D eigenvalue weighted by molar-refractivity contribution is -0.114. The van der Waals surface area contributed by atoms with Gasteiger partial charge in [-0.15, -0.1) is 0 Å². The molecule has 3 N–H and O–H groups in total. The van der Waals surface area contributed by atoms with E-state index in [1.54, 1.807) is 43.5 Å². The first-order valence-corrected chi connectivity index (χ1v) is 8.76. The zero-order valence-electron chi connectivity index (χ0n) is 15.6. The quantitative estimate of drug-likeness (QED) is 0.559. The second kappa shape index (κ2) is 10.8. The molecular formula is C20H25N3O4. The molecule has 0 fully saturated rings. The molecule has 0 radical (unpaired) electrons. The van der Waals surface area contributed by atoms with Gasteiger partial charge in [-0.2, -0.15) is 0 Å². The lowest BCUT2D eigenvalue weighted by Gasteiger charge is -2.09. The Morgan fingerprint density at radius 1 is 0.963 bits per heavy atom. The van der Waals surface area contributed by atoms with Crippen molar-refractivity contribution in [3.8, 4) is 5.75 Å². The van der Waals surface area contributed by atoms with Gasteiger partial charge < -0.3 is 25.4 Å². The van der Waals surface area contributed by atoms with E-state index in [4.69, 9.17) is 9.47 Å². The summed E-state index contributed by atoms with van der Waals surface area (Å²) in [7, 11) is 1.58. The van der Waals surface area contributed by atoms with E-state index >= 15 is 0 Å². The monoisotopic (exact) mass is 371 g/mol. The smallest absolute Gasteiger partial charge is 0.251 e. The van der Waals surface area contributed by atoms with Crippen molar-refractivity contribution >= 4 is 23.2 Å². The number of benzene rings is 2. The van der Waals surface area contributed by atoms with Crippen LogP contribution >= 0.6 is 0 Å². The van der Waals surface area contributed by atoms with Gasteiger partial charge in [-0.3, -0.25) is 9.59 Å². The molecule has 0 bridgehead atoms. The molecule has 0 heterocycles. The number of rotatable bonds is 10. The highest BCUT2D eigenvalue weighted by atomic mass is 16.5. The molecule has 27 heavy (non-hydrogen) atoms. The molecule has 0 aliphatic heterocycles. The number of methoxy groups -OCH3 is 1. The van der Waals surface area contributed by atoms with Crippen molar-refractivity contribution in [3.63, 3.8) is 0 Å². The summed E-state index contributed by atoms with van der Waals surface area (Å²) in [6.45, 7) is 3.56. The zero-order chi connectivity index (χ0) is 19.5. The molecule has 0 spiro atoms. The molecule has 0 aliphatic carbocycles. The number of amides is 2. The van der Waals surface area contributed by atoms with Crippen molar-refractivity contribution in [2.75, 3.05) is 44.0 Å². The maximum Gasteiger partial charge on any atom is 0.251 e. The topological polar surface area (TPSA) is 88.7 Å². The van der Waals surface area contributed by atoms with E-state index in [1.165, 1.54) is 0 Å². The Morgan fingerprint density at radius 2 is 1.63 bits per heavy atom. The van der Waals surface area contributed by atoms with Crippen LogP contribution in [0.1, 0.15) is 17.3 Å². The Bertz CT molecular complexity index is 730. The minimum Gasteiger partial charge on any atom is -0.494 e. The van der Waals surface area contributed by atoms with Crippen molar-refractivity contribution in [1.82, 2.24) is 5.32 Å². The standard InChI is InChI=1S/C20H25N3O4/c1-3-27-18-10-8-17(9-11-18)23-19(24)14-22-16-6-4-15(5-7-16)20(25)21-12-13-26-2/h4-11,22H,3,12-14H2,1-2H3,(H,21,25)(H,23,24). The molecule has 7 nitrogen and oxygen atoms in total. The Labute approximate surface area is 159 Å². The number of hydrogen-bond acceptors (Lipinski definition) is 5. The molecule has 0 atom stereocenters. The molecule has 0 saturated carbocycles. The zero-order valence-corrected chi connectivity index (χ0v) is 15.6. The predicted molar refractivity (Wildman–Crippen MR) is 105 cm³/mol. The van der Waals surface area contributed by atoms with Crippen LogP contribution in [0, 0.1) is 0 Å². The molecule has 0 aliphatic rings. The third-order valence-electron chi connectivity index (χ3n) is 3.64. The van der Waals surface area contributed by atoms with E-state index in [0.29, 0.717) is 31.0 Å². The number of ether oxygens (including phenoxy) is 2. The predicted octanol–water partition coefficient (Wildman–Crippen LogP) is 2.51. The fourth-order valence-electron chi connectivity index (χ4n) is 2.30. The van der Waals surface area contributed by atoms with E-state index < -0.39 is 0 Å². The molecular weight excluding hydrogens is 346 g/mol. The summed E-state index contributed by atoms with van der Waals surface area (Å²) in [6, 6.07) is 14.1. The molecule has 0 aromatic heterocycles. The number of hydrogen-bond donors (Lipinski definition) is 3. The molecule has 2 amide bonds. The van der Waals surface area contributed by atoms with E-state index in [2.05, 4.69) is 16.0 Å². The lowest BCUT2D eigenvalue weighted by Crippen LogP contribution is -2.26. The normalized spacial score (nSPS) is 10.1. The van der Waals surface area contributed by atoms with Gasteiger partial charge in [0, 0.05) is 30.6 Å². The average Bonchev–Trinajstić information content (AvgIpc) is 2.68. The molecule has 7 heteroatoms. The lowest BCUT2D eigenvalue weighted by atomic mass is 10.2. The second-order valence-corrected chi connectivity index (χ2v) is 5.69. The Morgan fingerprint density at radius 3 is 2.26 bits per heavy atom. The molecule has 144 valence electrons. The van der Waals surface area contributed by atoms with E-state index in [0.717, 1.165) is 11.4 Å². The van der Waals surface area contributed by atoms with Crippen LogP contribution in [0.2, 0.25) is 0 Å². The fourth-order valence-corrected chi connectivity index (χ4v) is 2.30. The first-order chi connectivity index (χ1) is 13.1. The highest BCUT2D eigenvalue weighted by molar-refractivity contribution is 5.95. The fraction of sp³-hybridized carbons (Fsp3) is 0.300. The molecule has 0 unspecified atom stereocenters. The number of anilines is 2. The maximum absolute atomic E-state index is 12.0. The summed E-state index contributed by atoms with van der Waals surface area (Å²) < 4.78 is 10.3. The summed E-state index contributed by atoms with van der Waals surface area (Å²) in [6.07, 6.45) is 0. The minimum atomic E-state index is -0.166. The van der Waals surface area contributed by atoms with Crippen molar-refractivity contribution in [1.29, 1.82) is 0 Å². The summed E-state index contributed by atoms with van der Waals surface area (Å²) in [5.41, 5.74) is 2.01. The summed E-state index contributed by atoms with van der Waals surface area (Å²) in [5.74, 6) is 0.437. The van der Waals surface area contributed by atoms with Gasteiger partial charge in [-0.1, -0.05) is 0 Å². The van der Waals surface area contributed by atoms with Crippen LogP contribution in [0.25, 0.3) is 0 Å². The van der Waals surface area contributed by atoms with Crippen LogP contribution in [0.3, 0.4) is 0 Å². The number of nitrogens with one attached hydrogen (secondary N) is 3. The van der Waals surface area contributed by atoms with Crippen molar-refractivity contribution < 1.29 is 19.1 Å². The van der Waals surface area contributed by atoms with Gasteiger partial charge in [0.25, 0.3) is 5.91 Å². The second-order valence-electron chi connectivity index (χ2n) is 5.69. The SMILES string of the molecule is CCOc1ccc(NC(=O)CNc2ccc(C(=O)NCCOC)cc2)cc1. The van der Waals surface area contributed by atoms with Gasteiger partial charge in [0.05, 0.1) is 19.8 Å². The van der Waals surface area contributed by atoms with Gasteiger partial charge in [0.15, 0.2) is 0 Å². The molecule has 0 saturated heterocycles. The Kier molecular flexibility index (Phi) is 8.12. The minimum absolute atomic E-state index is 0.118. The van der Waals surface area contributed by atoms with Gasteiger partial charge in [0.2, 0.25) is 5.91 Å². The van der Waals surface area contributed by atoms with Crippen molar-refractivity contribution in [2.45, 2.75) is 6.92 Å². The van der Waals surface area contributed by atoms with E-state index in [-0.39, 0.29) is 18.4 Å². The first-order valence-electron chi connectivity index (χ1n) is 8.76. The molecule has 2 aromatic carbocycles. The van der Waals surface area contributed by atoms with Crippen LogP contribution in [0.4, 0.5) is 11.4 Å². The Balaban J connectivity index is 1.78. The van der Waals surface area contributed by atoms with Crippen molar-refractivity contribution in [2.24, 2.45) is 0 Å². The van der Waals surface area contributed by atoms with Crippen LogP contribution in [-0.4, -0.2) is 45.2 Å². The average molecular weight is 371 g/mol. The highest BCUT2D eigenvalue weighted by Gasteiger charge is 2.06. The maximum atomic E-state index is 12.0. The Hall–Kier alpha value is -3.06. The van der Waals surface area contributed by atoms with Gasteiger partial charge in [-0.05, 0) is 55.5 Å². The third-order valence-corrected chi connectivity index (χ3v) is 3.64. The third kappa shape index (κ3) is 6.99. The van der Waals surface area contributed by atoms with Gasteiger partial charge in [-0.25, -0.2) is 0 Å². The highest BCUT2D eigenvalue weighted by Crippen LogP contribution is 2.15. The van der Waals surface area contributed by atoms with E-state index in [9.17, 15) is 9.59 Å². The van der Waals surface area contributed by atoms with Crippen LogP contribution in [0.5, 0.6) is 5.75 Å². The van der Waals surface area contributed by atoms with E-state index in [1.807, 2.05) is 19.1 Å². The van der Waals surface area contributed by atoms with Gasteiger partial charge in [0.1, 0.15) is 5.75 Å². The van der Waals surface area contributed by atoms with Gasteiger partial charge >= 0.3 is 0 Å². The summed E-state index contributed by atoms with van der Waals surface area (Å²) >= 11 is 0. The van der Waals surface area contributed by atoms with Crippen LogP contribution < -0.4 is 20.7 Å². The summed E-state index contributed by atoms with van der Waals surface area (Å²) in [4.78, 5) is 23.9. The molecule has 2 aromatic rings. The molecule has 2 rings (SSSR count). The first kappa shape index (κ1) is 20.3. The largest absolute Gasteiger partial charge is 0.494 e. The summed E-state index contributed by atoms with van der Waals surface area (Å²) in [5, 5.41) is 8.58. The van der Waals surface area contributed by atoms with Crippen LogP contribution in [-0.2, 0) is 9.53 Å². The van der Waals surface area contributed by atoms with Crippen LogP contribution in [0.15, 0.2) is 48.5 Å².